The van der Waals surface area contributed by atoms with Crippen LogP contribution in [-0.4, -0.2) is 10.3 Å². The first-order valence-electron chi connectivity index (χ1n) is 6.14. The van der Waals surface area contributed by atoms with E-state index in [-0.39, 0.29) is 6.04 Å². The van der Waals surface area contributed by atoms with Crippen molar-refractivity contribution in [2.45, 2.75) is 32.9 Å². The largest absolute Gasteiger partial charge is 0.508 e. The molecule has 0 spiro atoms. The highest BCUT2D eigenvalue weighted by atomic mass is 16.5. The van der Waals surface area contributed by atoms with Crippen molar-refractivity contribution in [2.24, 2.45) is 0 Å². The smallest absolute Gasteiger partial charge is 0.150 e. The molecule has 2 rings (SSSR count). The highest BCUT2D eigenvalue weighted by molar-refractivity contribution is 5.34. The number of para-hydroxylation sites is 1. The fourth-order valence-corrected chi connectivity index (χ4v) is 1.98. The van der Waals surface area contributed by atoms with Gasteiger partial charge in [-0.3, -0.25) is 0 Å². The van der Waals surface area contributed by atoms with E-state index in [0.717, 1.165) is 23.4 Å². The lowest BCUT2D eigenvalue weighted by molar-refractivity contribution is 0.356. The molecule has 1 heterocycles. The minimum atomic E-state index is 0.108. The van der Waals surface area contributed by atoms with E-state index in [2.05, 4.69) is 17.4 Å². The summed E-state index contributed by atoms with van der Waals surface area (Å²) < 4.78 is 5.15. The first-order chi connectivity index (χ1) is 8.70. The van der Waals surface area contributed by atoms with Crippen LogP contribution in [0.15, 0.2) is 34.9 Å². The Balaban J connectivity index is 2.04. The molecule has 0 aliphatic rings. The molecular weight excluding hydrogens is 228 g/mol. The average Bonchev–Trinajstić information content (AvgIpc) is 2.78. The molecule has 0 bridgehead atoms. The van der Waals surface area contributed by atoms with Crippen molar-refractivity contribution in [3.63, 3.8) is 0 Å². The van der Waals surface area contributed by atoms with Crippen molar-refractivity contribution in [3.05, 3.63) is 47.3 Å². The molecule has 4 nitrogen and oxygen atoms in total. The van der Waals surface area contributed by atoms with Gasteiger partial charge in [-0.15, -0.1) is 0 Å². The van der Waals surface area contributed by atoms with Gasteiger partial charge in [-0.05, 0) is 19.4 Å². The third-order valence-electron chi connectivity index (χ3n) is 2.92. The van der Waals surface area contributed by atoms with Gasteiger partial charge in [0.15, 0.2) is 5.76 Å². The second kappa shape index (κ2) is 5.69. The van der Waals surface area contributed by atoms with Gasteiger partial charge in [0.2, 0.25) is 0 Å². The van der Waals surface area contributed by atoms with Crippen LogP contribution < -0.4 is 5.32 Å². The van der Waals surface area contributed by atoms with Crippen LogP contribution in [0.5, 0.6) is 5.75 Å². The molecular formula is C14H18N2O2. The zero-order chi connectivity index (χ0) is 13.0. The lowest BCUT2D eigenvalue weighted by Crippen LogP contribution is -2.20. The second-order valence-electron chi connectivity index (χ2n) is 4.34. The highest BCUT2D eigenvalue weighted by Crippen LogP contribution is 2.26. The molecule has 1 unspecified atom stereocenters. The van der Waals surface area contributed by atoms with Gasteiger partial charge in [0.25, 0.3) is 0 Å². The third-order valence-corrected chi connectivity index (χ3v) is 2.92. The first-order valence-corrected chi connectivity index (χ1v) is 6.14. The average molecular weight is 246 g/mol. The Kier molecular flexibility index (Phi) is 3.99. The number of phenols is 1. The molecule has 96 valence electrons. The van der Waals surface area contributed by atoms with E-state index < -0.39 is 0 Å². The number of benzene rings is 1. The monoisotopic (exact) mass is 246 g/mol. The standard InChI is InChI=1S/C14H18N2O2/c1-3-13(12-6-4-5-7-14(12)17)15-9-11-8-10(2)16-18-11/h4-8,13,15,17H,3,9H2,1-2H3. The van der Waals surface area contributed by atoms with Crippen molar-refractivity contribution in [2.75, 3.05) is 0 Å². The van der Waals surface area contributed by atoms with E-state index in [4.69, 9.17) is 4.52 Å². The van der Waals surface area contributed by atoms with Crippen molar-refractivity contribution in [1.82, 2.24) is 10.5 Å². The summed E-state index contributed by atoms with van der Waals surface area (Å²) in [6, 6.07) is 9.41. The number of aromatic nitrogens is 1. The number of aryl methyl sites for hydroxylation is 1. The number of hydrogen-bond acceptors (Lipinski definition) is 4. The van der Waals surface area contributed by atoms with E-state index in [0.29, 0.717) is 12.3 Å². The summed E-state index contributed by atoms with van der Waals surface area (Å²) in [4.78, 5) is 0. The summed E-state index contributed by atoms with van der Waals surface area (Å²) in [7, 11) is 0. The van der Waals surface area contributed by atoms with Crippen LogP contribution >= 0.6 is 0 Å². The molecule has 2 N–H and O–H groups in total. The fourth-order valence-electron chi connectivity index (χ4n) is 1.98. The summed E-state index contributed by atoms with van der Waals surface area (Å²) in [5.41, 5.74) is 1.79. The van der Waals surface area contributed by atoms with Crippen molar-refractivity contribution in [3.8, 4) is 5.75 Å². The van der Waals surface area contributed by atoms with E-state index in [1.54, 1.807) is 6.07 Å². The van der Waals surface area contributed by atoms with Crippen LogP contribution in [0.1, 0.15) is 36.4 Å². The Morgan fingerprint density at radius 2 is 2.17 bits per heavy atom. The van der Waals surface area contributed by atoms with Crippen molar-refractivity contribution in [1.29, 1.82) is 0 Å². The minimum Gasteiger partial charge on any atom is -0.508 e. The second-order valence-corrected chi connectivity index (χ2v) is 4.34. The Morgan fingerprint density at radius 3 is 2.78 bits per heavy atom. The zero-order valence-electron chi connectivity index (χ0n) is 10.7. The number of hydrogen-bond donors (Lipinski definition) is 2. The van der Waals surface area contributed by atoms with E-state index in [1.807, 2.05) is 31.2 Å². The number of rotatable bonds is 5. The van der Waals surface area contributed by atoms with E-state index in [9.17, 15) is 5.11 Å². The molecule has 1 aromatic heterocycles. The normalized spacial score (nSPS) is 12.6. The highest BCUT2D eigenvalue weighted by Gasteiger charge is 2.13. The van der Waals surface area contributed by atoms with Crippen molar-refractivity contribution >= 4 is 0 Å². The zero-order valence-corrected chi connectivity index (χ0v) is 10.7. The Morgan fingerprint density at radius 1 is 1.39 bits per heavy atom. The predicted molar refractivity (Wildman–Crippen MR) is 69.2 cm³/mol. The summed E-state index contributed by atoms with van der Waals surface area (Å²) in [6.45, 7) is 4.58. The van der Waals surface area contributed by atoms with E-state index in [1.165, 1.54) is 0 Å². The van der Waals surface area contributed by atoms with Crippen LogP contribution in [0.3, 0.4) is 0 Å². The van der Waals surface area contributed by atoms with Crippen LogP contribution in [0.25, 0.3) is 0 Å². The molecule has 0 radical (unpaired) electrons. The van der Waals surface area contributed by atoms with Crippen LogP contribution in [0.4, 0.5) is 0 Å². The Labute approximate surface area is 107 Å². The molecule has 1 aromatic carbocycles. The molecule has 1 atom stereocenters. The van der Waals surface area contributed by atoms with Gasteiger partial charge in [0.05, 0.1) is 12.2 Å². The lowest BCUT2D eigenvalue weighted by atomic mass is 10.0. The van der Waals surface area contributed by atoms with Gasteiger partial charge in [0.1, 0.15) is 5.75 Å². The molecule has 18 heavy (non-hydrogen) atoms. The molecule has 0 saturated carbocycles. The van der Waals surface area contributed by atoms with Crippen LogP contribution in [-0.2, 0) is 6.54 Å². The maximum Gasteiger partial charge on any atom is 0.150 e. The molecule has 4 heteroatoms. The lowest BCUT2D eigenvalue weighted by Gasteiger charge is -2.17. The summed E-state index contributed by atoms with van der Waals surface area (Å²) in [5.74, 6) is 1.13. The van der Waals surface area contributed by atoms with Gasteiger partial charge < -0.3 is 14.9 Å². The number of nitrogens with one attached hydrogen (secondary N) is 1. The Hall–Kier alpha value is -1.81. The molecule has 0 saturated heterocycles. The van der Waals surface area contributed by atoms with Crippen LogP contribution in [0, 0.1) is 6.92 Å². The summed E-state index contributed by atoms with van der Waals surface area (Å²) in [5, 5.41) is 17.0. The quantitative estimate of drug-likeness (QED) is 0.851. The maximum atomic E-state index is 9.84. The molecule has 0 fully saturated rings. The van der Waals surface area contributed by atoms with E-state index >= 15 is 0 Å². The minimum absolute atomic E-state index is 0.108. The third kappa shape index (κ3) is 2.90. The summed E-state index contributed by atoms with van der Waals surface area (Å²) >= 11 is 0. The number of phenolic OH excluding ortho intramolecular Hbond substituents is 1. The van der Waals surface area contributed by atoms with Gasteiger partial charge in [-0.2, -0.15) is 0 Å². The summed E-state index contributed by atoms with van der Waals surface area (Å²) in [6.07, 6.45) is 0.894. The number of nitrogens with zero attached hydrogens (tertiary/aromatic N) is 1. The molecule has 0 aliphatic carbocycles. The van der Waals surface area contributed by atoms with Gasteiger partial charge in [-0.25, -0.2) is 0 Å². The maximum absolute atomic E-state index is 9.84. The van der Waals surface area contributed by atoms with Crippen molar-refractivity contribution < 1.29 is 9.63 Å². The molecule has 0 aliphatic heterocycles. The van der Waals surface area contributed by atoms with Gasteiger partial charge in [0, 0.05) is 17.7 Å². The molecule has 2 aromatic rings. The number of aromatic hydroxyl groups is 1. The Bertz CT molecular complexity index is 508. The molecule has 0 amide bonds. The SMILES string of the molecule is CCC(NCc1cc(C)no1)c1ccccc1O. The van der Waals surface area contributed by atoms with Gasteiger partial charge in [-0.1, -0.05) is 30.3 Å². The van der Waals surface area contributed by atoms with Gasteiger partial charge >= 0.3 is 0 Å². The van der Waals surface area contributed by atoms with Crippen LogP contribution in [0.2, 0.25) is 0 Å². The topological polar surface area (TPSA) is 58.3 Å². The fraction of sp³-hybridized carbons (Fsp3) is 0.357. The predicted octanol–water partition coefficient (Wildman–Crippen LogP) is 2.93. The first kappa shape index (κ1) is 12.6.